The van der Waals surface area contributed by atoms with Crippen LogP contribution in [0.5, 0.6) is 0 Å². The highest BCUT2D eigenvalue weighted by atomic mass is 16.4. The Balaban J connectivity index is 2.65. The molecule has 1 heterocycles. The van der Waals surface area contributed by atoms with Crippen molar-refractivity contribution in [3.05, 3.63) is 0 Å². The number of hydrogen-bond donors (Lipinski definition) is 2. The number of carboxylic acid groups (broad SMARTS) is 1. The molecule has 1 aliphatic rings. The molecule has 1 fully saturated rings. The van der Waals surface area contributed by atoms with Crippen LogP contribution in [0.15, 0.2) is 0 Å². The highest BCUT2D eigenvalue weighted by Gasteiger charge is 2.46. The number of nitrogens with one attached hydrogen (secondary N) is 1. The van der Waals surface area contributed by atoms with Crippen LogP contribution in [0.25, 0.3) is 0 Å². The Labute approximate surface area is 102 Å². The summed E-state index contributed by atoms with van der Waals surface area (Å²) in [7, 11) is 0. The minimum absolute atomic E-state index is 0.0890. The molecule has 5 nitrogen and oxygen atoms in total. The maximum atomic E-state index is 12.0. The van der Waals surface area contributed by atoms with Crippen molar-refractivity contribution in [2.24, 2.45) is 0 Å². The fraction of sp³-hybridized carbons (Fsp3) is 0.833. The Morgan fingerprint density at radius 2 is 2.18 bits per heavy atom. The summed E-state index contributed by atoms with van der Waals surface area (Å²) in [6.07, 6.45) is 3.18. The van der Waals surface area contributed by atoms with Crippen molar-refractivity contribution in [3.63, 3.8) is 0 Å². The van der Waals surface area contributed by atoms with Crippen molar-refractivity contribution in [3.8, 4) is 0 Å². The van der Waals surface area contributed by atoms with E-state index in [9.17, 15) is 14.7 Å². The third kappa shape index (κ3) is 2.90. The van der Waals surface area contributed by atoms with Crippen molar-refractivity contribution >= 4 is 12.0 Å². The number of carbonyl (C=O) groups is 2. The summed E-state index contributed by atoms with van der Waals surface area (Å²) >= 11 is 0. The molecule has 2 amide bonds. The summed E-state index contributed by atoms with van der Waals surface area (Å²) in [6, 6.07) is -0.167. The van der Waals surface area contributed by atoms with E-state index >= 15 is 0 Å². The average molecular weight is 242 g/mol. The SMILES string of the molecule is CCCC(C)NC(=O)N1CCCC1(C)C(=O)O. The minimum Gasteiger partial charge on any atom is -0.480 e. The Morgan fingerprint density at radius 1 is 1.53 bits per heavy atom. The largest absolute Gasteiger partial charge is 0.480 e. The summed E-state index contributed by atoms with van der Waals surface area (Å²) in [5.74, 6) is -0.923. The number of urea groups is 1. The van der Waals surface area contributed by atoms with Crippen LogP contribution in [0.4, 0.5) is 4.79 Å². The van der Waals surface area contributed by atoms with Gasteiger partial charge in [0.05, 0.1) is 0 Å². The Bertz CT molecular complexity index is 306. The van der Waals surface area contributed by atoms with Crippen molar-refractivity contribution in [1.29, 1.82) is 0 Å². The van der Waals surface area contributed by atoms with E-state index in [2.05, 4.69) is 12.2 Å². The Morgan fingerprint density at radius 3 is 2.71 bits per heavy atom. The molecule has 2 unspecified atom stereocenters. The van der Waals surface area contributed by atoms with Crippen molar-refractivity contribution in [1.82, 2.24) is 10.2 Å². The minimum atomic E-state index is -1.05. The number of aliphatic carboxylic acids is 1. The molecular weight excluding hydrogens is 220 g/mol. The maximum absolute atomic E-state index is 12.0. The third-order valence-electron chi connectivity index (χ3n) is 3.44. The molecule has 1 rings (SSSR count). The zero-order chi connectivity index (χ0) is 13.1. The fourth-order valence-corrected chi connectivity index (χ4v) is 2.31. The van der Waals surface area contributed by atoms with E-state index < -0.39 is 11.5 Å². The summed E-state index contributed by atoms with van der Waals surface area (Å²) in [6.45, 7) is 6.13. The molecule has 0 aromatic rings. The van der Waals surface area contributed by atoms with Crippen LogP contribution in [-0.4, -0.2) is 40.1 Å². The van der Waals surface area contributed by atoms with Crippen molar-refractivity contribution in [2.75, 3.05) is 6.54 Å². The second-order valence-corrected chi connectivity index (χ2v) is 4.97. The molecule has 0 radical (unpaired) electrons. The molecule has 1 saturated heterocycles. The first-order valence-electron chi connectivity index (χ1n) is 6.23. The maximum Gasteiger partial charge on any atom is 0.329 e. The lowest BCUT2D eigenvalue weighted by Crippen LogP contribution is -2.55. The number of likely N-dealkylation sites (tertiary alicyclic amines) is 1. The fourth-order valence-electron chi connectivity index (χ4n) is 2.31. The Hall–Kier alpha value is -1.26. The van der Waals surface area contributed by atoms with Crippen LogP contribution in [0.1, 0.15) is 46.5 Å². The molecule has 0 aliphatic carbocycles. The number of hydrogen-bond acceptors (Lipinski definition) is 2. The number of carboxylic acids is 1. The van der Waals surface area contributed by atoms with Crippen LogP contribution in [0.3, 0.4) is 0 Å². The van der Waals surface area contributed by atoms with Crippen molar-refractivity contribution < 1.29 is 14.7 Å². The quantitative estimate of drug-likeness (QED) is 0.790. The summed E-state index contributed by atoms with van der Waals surface area (Å²) in [5.41, 5.74) is -1.05. The first-order valence-corrected chi connectivity index (χ1v) is 6.23. The van der Waals surface area contributed by atoms with Gasteiger partial charge in [0.1, 0.15) is 5.54 Å². The summed E-state index contributed by atoms with van der Waals surface area (Å²) in [4.78, 5) is 24.7. The average Bonchev–Trinajstić information content (AvgIpc) is 2.62. The van der Waals surface area contributed by atoms with E-state index in [0.29, 0.717) is 13.0 Å². The molecule has 17 heavy (non-hydrogen) atoms. The van der Waals surface area contributed by atoms with Gasteiger partial charge in [-0.2, -0.15) is 0 Å². The normalized spacial score (nSPS) is 25.7. The van der Waals surface area contributed by atoms with E-state index in [0.717, 1.165) is 19.3 Å². The lowest BCUT2D eigenvalue weighted by molar-refractivity contribution is -0.147. The first-order chi connectivity index (χ1) is 7.91. The highest BCUT2D eigenvalue weighted by molar-refractivity contribution is 5.86. The van der Waals surface area contributed by atoms with Gasteiger partial charge >= 0.3 is 12.0 Å². The summed E-state index contributed by atoms with van der Waals surface area (Å²) < 4.78 is 0. The predicted molar refractivity (Wildman–Crippen MR) is 64.9 cm³/mol. The van der Waals surface area contributed by atoms with E-state index in [4.69, 9.17) is 0 Å². The second-order valence-electron chi connectivity index (χ2n) is 4.97. The van der Waals surface area contributed by atoms with Crippen LogP contribution in [-0.2, 0) is 4.79 Å². The van der Waals surface area contributed by atoms with Gasteiger partial charge in [-0.1, -0.05) is 13.3 Å². The topological polar surface area (TPSA) is 69.6 Å². The molecule has 2 atom stereocenters. The van der Waals surface area contributed by atoms with Gasteiger partial charge < -0.3 is 15.3 Å². The Kier molecular flexibility index (Phi) is 4.37. The number of rotatable bonds is 4. The molecular formula is C12H22N2O3. The van der Waals surface area contributed by atoms with Gasteiger partial charge in [0.25, 0.3) is 0 Å². The molecule has 0 spiro atoms. The standard InChI is InChI=1S/C12H22N2O3/c1-4-6-9(2)13-11(17)14-8-5-7-12(14,3)10(15)16/h9H,4-8H2,1-3H3,(H,13,17)(H,15,16). The molecule has 1 aliphatic heterocycles. The molecule has 0 saturated carbocycles. The molecule has 2 N–H and O–H groups in total. The summed E-state index contributed by atoms with van der Waals surface area (Å²) in [5, 5.41) is 12.1. The molecule has 5 heteroatoms. The smallest absolute Gasteiger partial charge is 0.329 e. The van der Waals surface area contributed by atoms with Gasteiger partial charge in [0, 0.05) is 12.6 Å². The van der Waals surface area contributed by atoms with Gasteiger partial charge in [-0.3, -0.25) is 0 Å². The molecule has 0 aromatic carbocycles. The molecule has 0 bridgehead atoms. The first kappa shape index (κ1) is 13.8. The van der Waals surface area contributed by atoms with Crippen LogP contribution in [0.2, 0.25) is 0 Å². The van der Waals surface area contributed by atoms with Gasteiger partial charge in [-0.25, -0.2) is 9.59 Å². The zero-order valence-electron chi connectivity index (χ0n) is 10.8. The predicted octanol–water partition coefficient (Wildman–Crippen LogP) is 1.82. The number of nitrogens with zero attached hydrogens (tertiary/aromatic N) is 1. The molecule has 98 valence electrons. The van der Waals surface area contributed by atoms with Crippen LogP contribution >= 0.6 is 0 Å². The van der Waals surface area contributed by atoms with Crippen molar-refractivity contribution in [2.45, 2.75) is 58.0 Å². The second kappa shape index (κ2) is 5.38. The van der Waals surface area contributed by atoms with E-state index in [1.807, 2.05) is 6.92 Å². The van der Waals surface area contributed by atoms with Crippen LogP contribution < -0.4 is 5.32 Å². The van der Waals surface area contributed by atoms with Gasteiger partial charge in [-0.05, 0) is 33.1 Å². The van der Waals surface area contributed by atoms with Gasteiger partial charge in [-0.15, -0.1) is 0 Å². The van der Waals surface area contributed by atoms with Gasteiger partial charge in [0.15, 0.2) is 0 Å². The molecule has 0 aromatic heterocycles. The zero-order valence-corrected chi connectivity index (χ0v) is 10.8. The lowest BCUT2D eigenvalue weighted by atomic mass is 10.00. The monoisotopic (exact) mass is 242 g/mol. The van der Waals surface area contributed by atoms with Crippen LogP contribution in [0, 0.1) is 0 Å². The van der Waals surface area contributed by atoms with E-state index in [1.165, 1.54) is 4.90 Å². The van der Waals surface area contributed by atoms with Gasteiger partial charge in [0.2, 0.25) is 0 Å². The highest BCUT2D eigenvalue weighted by Crippen LogP contribution is 2.29. The third-order valence-corrected chi connectivity index (χ3v) is 3.44. The number of carbonyl (C=O) groups excluding carboxylic acids is 1. The van der Waals surface area contributed by atoms with E-state index in [-0.39, 0.29) is 12.1 Å². The van der Waals surface area contributed by atoms with E-state index in [1.54, 1.807) is 6.92 Å². The number of amides is 2. The lowest BCUT2D eigenvalue weighted by Gasteiger charge is -2.32.